The second kappa shape index (κ2) is 5.73. The third-order valence-electron chi connectivity index (χ3n) is 2.53. The van der Waals surface area contributed by atoms with Gasteiger partial charge >= 0.3 is 0 Å². The highest BCUT2D eigenvalue weighted by Crippen LogP contribution is 2.25. The van der Waals surface area contributed by atoms with Crippen LogP contribution in [0.15, 0.2) is 30.6 Å². The fourth-order valence-electron chi connectivity index (χ4n) is 1.61. The normalized spacial score (nSPS) is 10.6. The van der Waals surface area contributed by atoms with E-state index in [9.17, 15) is 4.39 Å². The zero-order valence-corrected chi connectivity index (χ0v) is 10.5. The lowest BCUT2D eigenvalue weighted by atomic mass is 10.2. The predicted octanol–water partition coefficient (Wildman–Crippen LogP) is 2.76. The molecular weight excluding hydrogens is 255 g/mol. The summed E-state index contributed by atoms with van der Waals surface area (Å²) < 4.78 is 15.1. The van der Waals surface area contributed by atoms with Gasteiger partial charge in [0.25, 0.3) is 0 Å². The Kier molecular flexibility index (Phi) is 4.04. The van der Waals surface area contributed by atoms with E-state index in [0.29, 0.717) is 17.9 Å². The van der Waals surface area contributed by atoms with Crippen molar-refractivity contribution in [1.82, 2.24) is 9.78 Å². The van der Waals surface area contributed by atoms with E-state index in [1.807, 2.05) is 16.9 Å². The highest BCUT2D eigenvalue weighted by Gasteiger charge is 2.05. The second-order valence-corrected chi connectivity index (χ2v) is 4.31. The molecule has 0 aliphatic heterocycles. The number of aryl methyl sites for hydroxylation is 1. The van der Waals surface area contributed by atoms with Gasteiger partial charge in [0.2, 0.25) is 0 Å². The van der Waals surface area contributed by atoms with Crippen LogP contribution in [0, 0.1) is 5.82 Å². The summed E-state index contributed by atoms with van der Waals surface area (Å²) in [5, 5.41) is 7.21. The first-order chi connectivity index (χ1) is 8.66. The van der Waals surface area contributed by atoms with Crippen LogP contribution in [0.1, 0.15) is 6.42 Å². The minimum Gasteiger partial charge on any atom is -0.397 e. The van der Waals surface area contributed by atoms with Gasteiger partial charge in [-0.25, -0.2) is 4.39 Å². The molecule has 1 aromatic carbocycles. The van der Waals surface area contributed by atoms with Gasteiger partial charge in [0, 0.05) is 31.5 Å². The molecule has 2 rings (SSSR count). The number of nitrogens with zero attached hydrogens (tertiary/aromatic N) is 2. The molecule has 3 N–H and O–H groups in total. The van der Waals surface area contributed by atoms with E-state index in [1.54, 1.807) is 6.20 Å². The molecule has 0 fully saturated rings. The standard InChI is InChI=1S/C12H14ClFN4/c13-9-7-11(15)12(8-10(9)14)16-3-1-5-18-6-2-4-17-18/h2,4,6-8,16H,1,3,5,15H2. The topological polar surface area (TPSA) is 55.9 Å². The molecule has 0 unspecified atom stereocenters. The molecular formula is C12H14ClFN4. The lowest BCUT2D eigenvalue weighted by Crippen LogP contribution is -2.08. The van der Waals surface area contributed by atoms with Gasteiger partial charge in [0.1, 0.15) is 5.82 Å². The van der Waals surface area contributed by atoms with Crippen molar-refractivity contribution < 1.29 is 4.39 Å². The lowest BCUT2D eigenvalue weighted by molar-refractivity contribution is 0.591. The van der Waals surface area contributed by atoms with Crippen molar-refractivity contribution in [2.45, 2.75) is 13.0 Å². The van der Waals surface area contributed by atoms with Crippen molar-refractivity contribution in [2.75, 3.05) is 17.6 Å². The molecule has 96 valence electrons. The van der Waals surface area contributed by atoms with E-state index in [4.69, 9.17) is 17.3 Å². The van der Waals surface area contributed by atoms with Crippen LogP contribution in [0.2, 0.25) is 5.02 Å². The highest BCUT2D eigenvalue weighted by molar-refractivity contribution is 6.31. The van der Waals surface area contributed by atoms with E-state index in [-0.39, 0.29) is 5.02 Å². The summed E-state index contributed by atoms with van der Waals surface area (Å²) in [6, 6.07) is 4.60. The first-order valence-corrected chi connectivity index (χ1v) is 6.00. The summed E-state index contributed by atoms with van der Waals surface area (Å²) >= 11 is 5.62. The van der Waals surface area contributed by atoms with E-state index in [0.717, 1.165) is 13.0 Å². The van der Waals surface area contributed by atoms with Crippen molar-refractivity contribution in [2.24, 2.45) is 0 Å². The number of nitrogens with one attached hydrogen (secondary N) is 1. The summed E-state index contributed by atoms with van der Waals surface area (Å²) in [5.74, 6) is -0.472. The van der Waals surface area contributed by atoms with E-state index in [2.05, 4.69) is 10.4 Å². The molecule has 6 heteroatoms. The third-order valence-corrected chi connectivity index (χ3v) is 2.82. The van der Waals surface area contributed by atoms with Gasteiger partial charge in [0.05, 0.1) is 16.4 Å². The second-order valence-electron chi connectivity index (χ2n) is 3.90. The van der Waals surface area contributed by atoms with Gasteiger partial charge in [-0.2, -0.15) is 5.10 Å². The minimum absolute atomic E-state index is 0.0367. The maximum Gasteiger partial charge on any atom is 0.143 e. The Balaban J connectivity index is 1.85. The molecule has 1 aromatic heterocycles. The summed E-state index contributed by atoms with van der Waals surface area (Å²) in [5.41, 5.74) is 6.75. The van der Waals surface area contributed by atoms with Crippen molar-refractivity contribution in [3.63, 3.8) is 0 Å². The van der Waals surface area contributed by atoms with Crippen LogP contribution < -0.4 is 11.1 Å². The van der Waals surface area contributed by atoms with Crippen LogP contribution in [0.4, 0.5) is 15.8 Å². The average molecular weight is 269 g/mol. The molecule has 0 saturated carbocycles. The van der Waals surface area contributed by atoms with E-state index >= 15 is 0 Å². The monoisotopic (exact) mass is 268 g/mol. The van der Waals surface area contributed by atoms with Crippen LogP contribution >= 0.6 is 11.6 Å². The zero-order chi connectivity index (χ0) is 13.0. The molecule has 4 nitrogen and oxygen atoms in total. The smallest absolute Gasteiger partial charge is 0.143 e. The van der Waals surface area contributed by atoms with Crippen LogP contribution in [-0.4, -0.2) is 16.3 Å². The van der Waals surface area contributed by atoms with Crippen LogP contribution in [0.3, 0.4) is 0 Å². The van der Waals surface area contributed by atoms with Gasteiger partial charge in [0.15, 0.2) is 0 Å². The quantitative estimate of drug-likeness (QED) is 0.648. The Labute approximate surface area is 110 Å². The Morgan fingerprint density at radius 1 is 1.44 bits per heavy atom. The zero-order valence-electron chi connectivity index (χ0n) is 9.74. The largest absolute Gasteiger partial charge is 0.397 e. The summed E-state index contributed by atoms with van der Waals surface area (Å²) in [6.07, 6.45) is 4.50. The molecule has 0 bridgehead atoms. The van der Waals surface area contributed by atoms with Gasteiger partial charge in [-0.15, -0.1) is 0 Å². The fourth-order valence-corrected chi connectivity index (χ4v) is 1.78. The Bertz CT molecular complexity index is 513. The van der Waals surface area contributed by atoms with Crippen molar-refractivity contribution in [3.8, 4) is 0 Å². The SMILES string of the molecule is Nc1cc(Cl)c(F)cc1NCCCn1cccn1. The predicted molar refractivity (Wildman–Crippen MR) is 71.2 cm³/mol. The maximum absolute atomic E-state index is 13.3. The minimum atomic E-state index is -0.472. The number of anilines is 2. The van der Waals surface area contributed by atoms with Gasteiger partial charge < -0.3 is 11.1 Å². The number of benzene rings is 1. The Hall–Kier alpha value is -1.75. The summed E-state index contributed by atoms with van der Waals surface area (Å²) in [4.78, 5) is 0. The van der Waals surface area contributed by atoms with E-state index < -0.39 is 5.82 Å². The Morgan fingerprint density at radius 3 is 3.00 bits per heavy atom. The van der Waals surface area contributed by atoms with Gasteiger partial charge in [-0.05, 0) is 18.6 Å². The van der Waals surface area contributed by atoms with Crippen LogP contribution in [0.5, 0.6) is 0 Å². The molecule has 0 amide bonds. The number of nitrogens with two attached hydrogens (primary N) is 1. The Morgan fingerprint density at radius 2 is 2.28 bits per heavy atom. The van der Waals surface area contributed by atoms with Crippen LogP contribution in [0.25, 0.3) is 0 Å². The van der Waals surface area contributed by atoms with Crippen molar-refractivity contribution >= 4 is 23.0 Å². The molecule has 2 aromatic rings. The van der Waals surface area contributed by atoms with Crippen LogP contribution in [-0.2, 0) is 6.54 Å². The number of aromatic nitrogens is 2. The molecule has 18 heavy (non-hydrogen) atoms. The van der Waals surface area contributed by atoms with Gasteiger partial charge in [-0.1, -0.05) is 11.6 Å². The molecule has 1 heterocycles. The molecule has 0 aliphatic carbocycles. The summed E-state index contributed by atoms with van der Waals surface area (Å²) in [7, 11) is 0. The number of hydrogen-bond acceptors (Lipinski definition) is 3. The molecule has 0 radical (unpaired) electrons. The molecule has 0 saturated heterocycles. The maximum atomic E-state index is 13.3. The lowest BCUT2D eigenvalue weighted by Gasteiger charge is -2.10. The fraction of sp³-hybridized carbons (Fsp3) is 0.250. The van der Waals surface area contributed by atoms with E-state index in [1.165, 1.54) is 12.1 Å². The first kappa shape index (κ1) is 12.7. The highest BCUT2D eigenvalue weighted by atomic mass is 35.5. The summed E-state index contributed by atoms with van der Waals surface area (Å²) in [6.45, 7) is 1.49. The van der Waals surface area contributed by atoms with Gasteiger partial charge in [-0.3, -0.25) is 4.68 Å². The number of hydrogen-bond donors (Lipinski definition) is 2. The first-order valence-electron chi connectivity index (χ1n) is 5.62. The van der Waals surface area contributed by atoms with Crippen molar-refractivity contribution in [1.29, 1.82) is 0 Å². The number of nitrogen functional groups attached to an aromatic ring is 1. The molecule has 0 spiro atoms. The average Bonchev–Trinajstić information content (AvgIpc) is 2.84. The third kappa shape index (κ3) is 3.13. The number of rotatable bonds is 5. The molecule has 0 atom stereocenters. The molecule has 0 aliphatic rings. The number of halogens is 2. The van der Waals surface area contributed by atoms with Crippen molar-refractivity contribution in [3.05, 3.63) is 41.4 Å².